The Balaban J connectivity index is 1.33. The third-order valence-electron chi connectivity index (χ3n) is 6.31. The van der Waals surface area contributed by atoms with E-state index < -0.39 is 23.9 Å². The first-order valence-corrected chi connectivity index (χ1v) is 14.6. The predicted octanol–water partition coefficient (Wildman–Crippen LogP) is 4.61. The van der Waals surface area contributed by atoms with Crippen LogP contribution < -0.4 is 25.5 Å². The number of halogens is 1. The third kappa shape index (κ3) is 8.42. The molecule has 1 aliphatic heterocycles. The normalized spacial score (nSPS) is 14.4. The maximum Gasteiger partial charge on any atom is 0.338 e. The maximum atomic E-state index is 12.7. The van der Waals surface area contributed by atoms with Crippen molar-refractivity contribution in [2.75, 3.05) is 13.2 Å². The number of carboxylic acids is 1. The summed E-state index contributed by atoms with van der Waals surface area (Å²) in [6.07, 6.45) is 1.48. The molecular formula is C31H29BrN4O7S. The topological polar surface area (TPSA) is 148 Å². The SMILES string of the molecule is CCOC(=O)C1=C(C)NC(=S)N[C@@H]1c1ccccc1OCC(=O)NN=Cc1ccc(OCc2ccc(C(=O)O)cc2)c(Br)c1. The summed E-state index contributed by atoms with van der Waals surface area (Å²) in [6, 6.07) is 18.1. The van der Waals surface area contributed by atoms with Crippen LogP contribution in [0.15, 0.2) is 87.6 Å². The fourth-order valence-electron chi connectivity index (χ4n) is 4.23. The zero-order chi connectivity index (χ0) is 31.6. The molecule has 1 amide bonds. The molecule has 0 spiro atoms. The van der Waals surface area contributed by atoms with E-state index in [-0.39, 0.29) is 25.4 Å². The van der Waals surface area contributed by atoms with Gasteiger partial charge in [-0.25, -0.2) is 15.0 Å². The number of carboxylic acid groups (broad SMARTS) is 1. The molecule has 0 radical (unpaired) electrons. The minimum Gasteiger partial charge on any atom is -0.488 e. The molecule has 44 heavy (non-hydrogen) atoms. The van der Waals surface area contributed by atoms with Gasteiger partial charge in [0, 0.05) is 11.3 Å². The number of nitrogens with one attached hydrogen (secondary N) is 3. The van der Waals surface area contributed by atoms with Crippen LogP contribution in [0.3, 0.4) is 0 Å². The number of carbonyl (C=O) groups is 3. The molecular weight excluding hydrogens is 652 g/mol. The van der Waals surface area contributed by atoms with Crippen molar-refractivity contribution in [3.8, 4) is 11.5 Å². The number of hydrogen-bond donors (Lipinski definition) is 4. The molecule has 11 nitrogen and oxygen atoms in total. The maximum absolute atomic E-state index is 12.7. The van der Waals surface area contributed by atoms with Crippen LogP contribution in [-0.4, -0.2) is 47.5 Å². The van der Waals surface area contributed by atoms with E-state index in [0.717, 1.165) is 5.56 Å². The van der Waals surface area contributed by atoms with Crippen molar-refractivity contribution < 1.29 is 33.7 Å². The van der Waals surface area contributed by atoms with Crippen LogP contribution in [0.25, 0.3) is 0 Å². The van der Waals surface area contributed by atoms with Gasteiger partial charge in [0.2, 0.25) is 0 Å². The molecule has 0 aliphatic carbocycles. The van der Waals surface area contributed by atoms with E-state index in [4.69, 9.17) is 31.5 Å². The molecule has 0 saturated heterocycles. The number of allylic oxidation sites excluding steroid dienone is 1. The summed E-state index contributed by atoms with van der Waals surface area (Å²) < 4.78 is 17.6. The molecule has 0 unspecified atom stereocenters. The number of esters is 1. The highest BCUT2D eigenvalue weighted by Gasteiger charge is 2.32. The molecule has 0 saturated carbocycles. The zero-order valence-corrected chi connectivity index (χ0v) is 26.2. The van der Waals surface area contributed by atoms with Crippen LogP contribution in [0.2, 0.25) is 0 Å². The third-order valence-corrected chi connectivity index (χ3v) is 7.15. The molecule has 0 aromatic heterocycles. The van der Waals surface area contributed by atoms with Gasteiger partial charge in [0.25, 0.3) is 5.91 Å². The lowest BCUT2D eigenvalue weighted by molar-refractivity contribution is -0.139. The van der Waals surface area contributed by atoms with E-state index >= 15 is 0 Å². The molecule has 1 aliphatic rings. The number of thiocarbonyl (C=S) groups is 1. The Morgan fingerprint density at radius 1 is 1.07 bits per heavy atom. The second kappa shape index (κ2) is 15.1. The molecule has 1 atom stereocenters. The van der Waals surface area contributed by atoms with E-state index in [1.165, 1.54) is 18.3 Å². The Hall–Kier alpha value is -4.75. The summed E-state index contributed by atoms with van der Waals surface area (Å²) in [5.74, 6) is -0.990. The van der Waals surface area contributed by atoms with Crippen LogP contribution in [-0.2, 0) is 20.9 Å². The van der Waals surface area contributed by atoms with Crippen LogP contribution in [0, 0.1) is 0 Å². The van der Waals surface area contributed by atoms with Crippen molar-refractivity contribution in [2.24, 2.45) is 5.10 Å². The Kier molecular flexibility index (Phi) is 11.1. The molecule has 13 heteroatoms. The van der Waals surface area contributed by atoms with E-state index in [9.17, 15) is 14.4 Å². The first kappa shape index (κ1) is 32.2. The Labute approximate surface area is 267 Å². The Morgan fingerprint density at radius 3 is 2.52 bits per heavy atom. The van der Waals surface area contributed by atoms with Crippen molar-refractivity contribution >= 4 is 57.3 Å². The number of amides is 1. The second-order valence-corrected chi connectivity index (χ2v) is 10.7. The fraction of sp³-hybridized carbons (Fsp3) is 0.194. The molecule has 3 aromatic carbocycles. The van der Waals surface area contributed by atoms with Gasteiger partial charge in [-0.05, 0) is 89.5 Å². The summed E-state index contributed by atoms with van der Waals surface area (Å²) >= 11 is 8.78. The van der Waals surface area contributed by atoms with E-state index in [1.807, 2.05) is 0 Å². The van der Waals surface area contributed by atoms with Crippen LogP contribution in [0.4, 0.5) is 0 Å². The summed E-state index contributed by atoms with van der Waals surface area (Å²) in [4.78, 5) is 36.2. The summed E-state index contributed by atoms with van der Waals surface area (Å²) in [7, 11) is 0. The summed E-state index contributed by atoms with van der Waals surface area (Å²) in [5, 5.41) is 19.4. The number of nitrogens with zero attached hydrogens (tertiary/aromatic N) is 1. The quantitative estimate of drug-likeness (QED) is 0.0925. The Bertz CT molecular complexity index is 1630. The highest BCUT2D eigenvalue weighted by Crippen LogP contribution is 2.33. The first-order valence-electron chi connectivity index (χ1n) is 13.4. The molecule has 0 fully saturated rings. The molecule has 4 N–H and O–H groups in total. The van der Waals surface area contributed by atoms with Gasteiger partial charge in [-0.2, -0.15) is 5.10 Å². The number of aromatic carboxylic acids is 1. The second-order valence-electron chi connectivity index (χ2n) is 9.39. The number of hydrogen-bond acceptors (Lipinski definition) is 8. The minimum atomic E-state index is -0.985. The summed E-state index contributed by atoms with van der Waals surface area (Å²) in [6.45, 7) is 3.61. The highest BCUT2D eigenvalue weighted by molar-refractivity contribution is 9.10. The molecule has 3 aromatic rings. The van der Waals surface area contributed by atoms with Gasteiger partial charge in [-0.1, -0.05) is 30.3 Å². The van der Waals surface area contributed by atoms with Crippen LogP contribution in [0.5, 0.6) is 11.5 Å². The van der Waals surface area contributed by atoms with E-state index in [2.05, 4.69) is 37.1 Å². The van der Waals surface area contributed by atoms with Crippen molar-refractivity contribution in [3.05, 3.63) is 105 Å². The number of hydrazone groups is 1. The van der Waals surface area contributed by atoms with Crippen molar-refractivity contribution in [1.29, 1.82) is 0 Å². The van der Waals surface area contributed by atoms with Crippen molar-refractivity contribution in [3.63, 3.8) is 0 Å². The Morgan fingerprint density at radius 2 is 1.82 bits per heavy atom. The van der Waals surface area contributed by atoms with Crippen LogP contribution >= 0.6 is 28.1 Å². The van der Waals surface area contributed by atoms with Gasteiger partial charge in [0.15, 0.2) is 11.7 Å². The predicted molar refractivity (Wildman–Crippen MR) is 170 cm³/mol. The van der Waals surface area contributed by atoms with Gasteiger partial charge in [0.1, 0.15) is 18.1 Å². The van der Waals surface area contributed by atoms with Gasteiger partial charge < -0.3 is 30.0 Å². The standard InChI is InChI=1S/C31H29BrN4O7S/c1-3-41-30(40)27-18(2)34-31(44)35-28(27)22-6-4-5-7-24(22)43-17-26(37)36-33-15-20-10-13-25(23(32)14-20)42-16-19-8-11-21(12-9-19)29(38)39/h4-15,28H,3,16-17H2,1-2H3,(H,36,37)(H,38,39)(H2,34,35,44)/t28-/m1/s1. The van der Waals surface area contributed by atoms with Crippen molar-refractivity contribution in [1.82, 2.24) is 16.1 Å². The monoisotopic (exact) mass is 680 g/mol. The van der Waals surface area contributed by atoms with Crippen molar-refractivity contribution in [2.45, 2.75) is 26.5 Å². The van der Waals surface area contributed by atoms with E-state index in [0.29, 0.717) is 43.5 Å². The number of benzene rings is 3. The molecule has 0 bridgehead atoms. The smallest absolute Gasteiger partial charge is 0.338 e. The van der Waals surface area contributed by atoms with E-state index in [1.54, 1.807) is 68.4 Å². The molecule has 4 rings (SSSR count). The van der Waals surface area contributed by atoms with Gasteiger partial charge in [0.05, 0.1) is 34.5 Å². The zero-order valence-electron chi connectivity index (χ0n) is 23.8. The average molecular weight is 682 g/mol. The summed E-state index contributed by atoms with van der Waals surface area (Å²) in [5.41, 5.74) is 5.71. The number of ether oxygens (including phenoxy) is 3. The number of para-hydroxylation sites is 1. The lowest BCUT2D eigenvalue weighted by Gasteiger charge is -2.30. The lowest BCUT2D eigenvalue weighted by Crippen LogP contribution is -2.45. The van der Waals surface area contributed by atoms with Gasteiger partial charge >= 0.3 is 11.9 Å². The number of rotatable bonds is 12. The highest BCUT2D eigenvalue weighted by atomic mass is 79.9. The number of carbonyl (C=O) groups excluding carboxylic acids is 2. The average Bonchev–Trinajstić information content (AvgIpc) is 2.99. The van der Waals surface area contributed by atoms with Crippen LogP contribution in [0.1, 0.15) is 46.9 Å². The lowest BCUT2D eigenvalue weighted by atomic mass is 9.95. The van der Waals surface area contributed by atoms with Gasteiger partial charge in [-0.3, -0.25) is 4.79 Å². The minimum absolute atomic E-state index is 0.207. The fourth-order valence-corrected chi connectivity index (χ4v) is 5.01. The molecule has 228 valence electrons. The largest absolute Gasteiger partial charge is 0.488 e. The van der Waals surface area contributed by atoms with Gasteiger partial charge in [-0.15, -0.1) is 0 Å². The molecule has 1 heterocycles. The first-order chi connectivity index (χ1) is 21.2.